The number of urea groups is 1. The van der Waals surface area contributed by atoms with Crippen LogP contribution in [0.3, 0.4) is 0 Å². The summed E-state index contributed by atoms with van der Waals surface area (Å²) in [6, 6.07) is 9.01. The van der Waals surface area contributed by atoms with E-state index >= 15 is 0 Å². The molecule has 7 heteroatoms. The molecule has 2 aromatic heterocycles. The summed E-state index contributed by atoms with van der Waals surface area (Å²) in [5, 5.41) is 13.9. The van der Waals surface area contributed by atoms with Gasteiger partial charge in [0.1, 0.15) is 0 Å². The molecule has 0 radical (unpaired) electrons. The zero-order valence-corrected chi connectivity index (χ0v) is 13.5. The van der Waals surface area contributed by atoms with Crippen LogP contribution in [0.15, 0.2) is 36.5 Å². The molecule has 0 aliphatic carbocycles. The van der Waals surface area contributed by atoms with Gasteiger partial charge in [0.2, 0.25) is 0 Å². The summed E-state index contributed by atoms with van der Waals surface area (Å²) in [5.74, 6) is 0.465. The number of H-pyrrole nitrogens is 1. The lowest BCUT2D eigenvalue weighted by Crippen LogP contribution is -2.34. The number of carbonyl (C=O) groups is 1. The fraction of sp³-hybridized carbons (Fsp3) is 0.188. The number of aromatic nitrogens is 3. The van der Waals surface area contributed by atoms with E-state index in [2.05, 4.69) is 25.8 Å². The third kappa shape index (κ3) is 3.27. The van der Waals surface area contributed by atoms with Crippen LogP contribution < -0.4 is 10.6 Å². The second kappa shape index (κ2) is 6.26. The summed E-state index contributed by atoms with van der Waals surface area (Å²) in [4.78, 5) is 16.2. The first-order chi connectivity index (χ1) is 11.0. The number of benzene rings is 1. The molecule has 0 unspecified atom stereocenters. The molecule has 2 amide bonds. The highest BCUT2D eigenvalue weighted by molar-refractivity contribution is 6.33. The minimum Gasteiger partial charge on any atom is -0.336 e. The first-order valence-corrected chi connectivity index (χ1v) is 7.59. The molecule has 0 fully saturated rings. The predicted molar refractivity (Wildman–Crippen MR) is 91.6 cm³/mol. The standard InChI is InChI=1S/C16H16ClN5O/c1-9(2)19-16(23)20-15-11-8-10(5-6-13(11)21-22-15)14-12(17)4-3-7-18-14/h3-9H,1-2H3,(H3,19,20,21,22,23). The number of carbonyl (C=O) groups excluding carboxylic acids is 1. The lowest BCUT2D eigenvalue weighted by Gasteiger charge is -2.08. The molecule has 0 spiro atoms. The highest BCUT2D eigenvalue weighted by Crippen LogP contribution is 2.30. The van der Waals surface area contributed by atoms with Crippen molar-refractivity contribution >= 4 is 34.4 Å². The van der Waals surface area contributed by atoms with Gasteiger partial charge in [-0.3, -0.25) is 15.4 Å². The molecule has 0 saturated heterocycles. The van der Waals surface area contributed by atoms with Crippen molar-refractivity contribution < 1.29 is 4.79 Å². The molecule has 0 aliphatic heterocycles. The van der Waals surface area contributed by atoms with E-state index in [0.717, 1.165) is 16.5 Å². The van der Waals surface area contributed by atoms with E-state index in [1.807, 2.05) is 32.0 Å². The van der Waals surface area contributed by atoms with E-state index < -0.39 is 0 Å². The number of pyridine rings is 1. The molecule has 3 rings (SSSR count). The van der Waals surface area contributed by atoms with Crippen molar-refractivity contribution in [3.63, 3.8) is 0 Å². The van der Waals surface area contributed by atoms with Crippen molar-refractivity contribution in [1.29, 1.82) is 0 Å². The van der Waals surface area contributed by atoms with Gasteiger partial charge in [-0.1, -0.05) is 17.7 Å². The average molecular weight is 330 g/mol. The Balaban J connectivity index is 1.97. The molecule has 0 atom stereocenters. The minimum atomic E-state index is -0.297. The summed E-state index contributed by atoms with van der Waals surface area (Å²) in [7, 11) is 0. The van der Waals surface area contributed by atoms with E-state index in [1.54, 1.807) is 18.3 Å². The number of amides is 2. The molecule has 118 valence electrons. The van der Waals surface area contributed by atoms with E-state index in [1.165, 1.54) is 0 Å². The van der Waals surface area contributed by atoms with Gasteiger partial charge in [0.15, 0.2) is 5.82 Å². The van der Waals surface area contributed by atoms with E-state index in [9.17, 15) is 4.79 Å². The van der Waals surface area contributed by atoms with Gasteiger partial charge in [-0.25, -0.2) is 4.79 Å². The Hall–Kier alpha value is -2.60. The minimum absolute atomic E-state index is 0.0445. The Morgan fingerprint density at radius 2 is 2.13 bits per heavy atom. The molecule has 0 saturated carbocycles. The third-order valence-electron chi connectivity index (χ3n) is 3.25. The Labute approximate surface area is 138 Å². The summed E-state index contributed by atoms with van der Waals surface area (Å²) < 4.78 is 0. The highest BCUT2D eigenvalue weighted by atomic mass is 35.5. The maximum absolute atomic E-state index is 11.9. The van der Waals surface area contributed by atoms with Gasteiger partial charge in [0, 0.05) is 23.2 Å². The van der Waals surface area contributed by atoms with Crippen molar-refractivity contribution in [3.05, 3.63) is 41.6 Å². The fourth-order valence-corrected chi connectivity index (χ4v) is 2.49. The van der Waals surface area contributed by atoms with Crippen LogP contribution >= 0.6 is 11.6 Å². The second-order valence-electron chi connectivity index (χ2n) is 5.42. The highest BCUT2D eigenvalue weighted by Gasteiger charge is 2.12. The Bertz CT molecular complexity index is 859. The van der Waals surface area contributed by atoms with Crippen LogP contribution in [0, 0.1) is 0 Å². The number of nitrogens with zero attached hydrogens (tertiary/aromatic N) is 2. The van der Waals surface area contributed by atoms with Crippen LogP contribution in [0.25, 0.3) is 22.2 Å². The van der Waals surface area contributed by atoms with E-state index in [0.29, 0.717) is 16.5 Å². The lowest BCUT2D eigenvalue weighted by atomic mass is 10.1. The molecular formula is C16H16ClN5O. The van der Waals surface area contributed by atoms with Crippen molar-refractivity contribution in [2.75, 3.05) is 5.32 Å². The van der Waals surface area contributed by atoms with E-state index in [4.69, 9.17) is 11.6 Å². The van der Waals surface area contributed by atoms with Crippen molar-refractivity contribution in [2.45, 2.75) is 19.9 Å². The maximum atomic E-state index is 11.9. The normalized spacial score (nSPS) is 11.0. The number of halogens is 1. The SMILES string of the molecule is CC(C)NC(=O)Nc1n[nH]c2ccc(-c3ncccc3Cl)cc12. The largest absolute Gasteiger partial charge is 0.336 e. The number of anilines is 1. The molecule has 1 aromatic carbocycles. The van der Waals surface area contributed by atoms with Crippen molar-refractivity contribution in [1.82, 2.24) is 20.5 Å². The molecule has 3 aromatic rings. The van der Waals surface area contributed by atoms with Crippen LogP contribution in [0.1, 0.15) is 13.8 Å². The summed E-state index contributed by atoms with van der Waals surface area (Å²) in [6.07, 6.45) is 1.69. The second-order valence-corrected chi connectivity index (χ2v) is 5.83. The molecule has 6 nitrogen and oxygen atoms in total. The quantitative estimate of drug-likeness (QED) is 0.683. The van der Waals surface area contributed by atoms with Gasteiger partial charge < -0.3 is 5.32 Å². The Morgan fingerprint density at radius 3 is 2.87 bits per heavy atom. The number of rotatable bonds is 3. The number of hydrogen-bond acceptors (Lipinski definition) is 3. The van der Waals surface area contributed by atoms with Crippen molar-refractivity contribution in [2.24, 2.45) is 0 Å². The molecule has 3 N–H and O–H groups in total. The Kier molecular flexibility index (Phi) is 4.16. The third-order valence-corrected chi connectivity index (χ3v) is 3.55. The number of aromatic amines is 1. The first kappa shape index (κ1) is 15.3. The summed E-state index contributed by atoms with van der Waals surface area (Å²) >= 11 is 6.20. The van der Waals surface area contributed by atoms with Gasteiger partial charge in [0.25, 0.3) is 0 Å². The van der Waals surface area contributed by atoms with Crippen LogP contribution in [-0.4, -0.2) is 27.3 Å². The molecule has 2 heterocycles. The Morgan fingerprint density at radius 1 is 1.30 bits per heavy atom. The monoisotopic (exact) mass is 329 g/mol. The van der Waals surface area contributed by atoms with Crippen molar-refractivity contribution in [3.8, 4) is 11.3 Å². The smallest absolute Gasteiger partial charge is 0.320 e. The van der Waals surface area contributed by atoms with Crippen LogP contribution in [0.2, 0.25) is 5.02 Å². The molecule has 0 aliphatic rings. The molecule has 23 heavy (non-hydrogen) atoms. The van der Waals surface area contributed by atoms with Gasteiger partial charge in [-0.2, -0.15) is 5.10 Å². The fourth-order valence-electron chi connectivity index (χ4n) is 2.26. The first-order valence-electron chi connectivity index (χ1n) is 7.21. The summed E-state index contributed by atoms with van der Waals surface area (Å²) in [6.45, 7) is 3.78. The number of nitrogens with one attached hydrogen (secondary N) is 3. The van der Waals surface area contributed by atoms with Gasteiger partial charge in [0.05, 0.1) is 16.2 Å². The van der Waals surface area contributed by atoms with E-state index in [-0.39, 0.29) is 12.1 Å². The van der Waals surface area contributed by atoms with Crippen LogP contribution in [-0.2, 0) is 0 Å². The average Bonchev–Trinajstić information content (AvgIpc) is 2.89. The predicted octanol–water partition coefficient (Wildman–Crippen LogP) is 3.81. The zero-order valence-electron chi connectivity index (χ0n) is 12.7. The summed E-state index contributed by atoms with van der Waals surface area (Å²) in [5.41, 5.74) is 2.37. The van der Waals surface area contributed by atoms with Gasteiger partial charge >= 0.3 is 6.03 Å². The van der Waals surface area contributed by atoms with Gasteiger partial charge in [-0.15, -0.1) is 0 Å². The van der Waals surface area contributed by atoms with Crippen LogP contribution in [0.4, 0.5) is 10.6 Å². The van der Waals surface area contributed by atoms with Crippen LogP contribution in [0.5, 0.6) is 0 Å². The number of fused-ring (bicyclic) bond motifs is 1. The topological polar surface area (TPSA) is 82.7 Å². The zero-order chi connectivity index (χ0) is 16.4. The molecular weight excluding hydrogens is 314 g/mol. The number of hydrogen-bond donors (Lipinski definition) is 3. The molecule has 0 bridgehead atoms. The maximum Gasteiger partial charge on any atom is 0.320 e. The lowest BCUT2D eigenvalue weighted by molar-refractivity contribution is 0.250. The van der Waals surface area contributed by atoms with Gasteiger partial charge in [-0.05, 0) is 38.1 Å².